The summed E-state index contributed by atoms with van der Waals surface area (Å²) in [5.74, 6) is 0.561. The zero-order chi connectivity index (χ0) is 10.9. The number of aromatic nitrogens is 2. The largest absolute Gasteiger partial charge is 0.377 e. The second kappa shape index (κ2) is 3.51. The van der Waals surface area contributed by atoms with Gasteiger partial charge in [0.2, 0.25) is 0 Å². The number of hydrogen-bond acceptors (Lipinski definition) is 2. The van der Waals surface area contributed by atoms with Crippen LogP contribution in [0.3, 0.4) is 0 Å². The van der Waals surface area contributed by atoms with Crippen LogP contribution in [-0.2, 0) is 5.60 Å². The third-order valence-electron chi connectivity index (χ3n) is 2.57. The Hall–Kier alpha value is -1.61. The monoisotopic (exact) mass is 202 g/mol. The Morgan fingerprint density at radius 3 is 2.47 bits per heavy atom. The molecule has 0 aliphatic heterocycles. The van der Waals surface area contributed by atoms with Gasteiger partial charge in [0.1, 0.15) is 11.4 Å². The van der Waals surface area contributed by atoms with Crippen molar-refractivity contribution < 1.29 is 5.11 Å². The molecular weight excluding hydrogens is 188 g/mol. The lowest BCUT2D eigenvalue weighted by atomic mass is 9.94. The molecule has 1 aromatic heterocycles. The van der Waals surface area contributed by atoms with E-state index in [2.05, 4.69) is 9.97 Å². The van der Waals surface area contributed by atoms with Crippen molar-refractivity contribution in [1.82, 2.24) is 9.97 Å². The molecule has 0 saturated heterocycles. The van der Waals surface area contributed by atoms with Crippen LogP contribution in [0.2, 0.25) is 0 Å². The van der Waals surface area contributed by atoms with Gasteiger partial charge in [-0.15, -0.1) is 0 Å². The number of nitrogens with zero attached hydrogens (tertiary/aromatic N) is 1. The topological polar surface area (TPSA) is 48.9 Å². The third kappa shape index (κ3) is 1.78. The Morgan fingerprint density at radius 2 is 1.93 bits per heavy atom. The van der Waals surface area contributed by atoms with Crippen molar-refractivity contribution in [3.05, 3.63) is 53.6 Å². The molecule has 2 rings (SSSR count). The first-order valence-electron chi connectivity index (χ1n) is 4.90. The highest BCUT2D eigenvalue weighted by Gasteiger charge is 2.27. The van der Waals surface area contributed by atoms with Crippen LogP contribution >= 0.6 is 0 Å². The molecule has 3 nitrogen and oxygen atoms in total. The van der Waals surface area contributed by atoms with Gasteiger partial charge in [0.05, 0.1) is 0 Å². The summed E-state index contributed by atoms with van der Waals surface area (Å²) in [4.78, 5) is 7.01. The van der Waals surface area contributed by atoms with Gasteiger partial charge in [0.15, 0.2) is 0 Å². The first-order valence-corrected chi connectivity index (χ1v) is 4.90. The van der Waals surface area contributed by atoms with Crippen molar-refractivity contribution in [3.63, 3.8) is 0 Å². The molecule has 1 heterocycles. The number of benzene rings is 1. The Morgan fingerprint density at radius 1 is 1.27 bits per heavy atom. The second-order valence-electron chi connectivity index (χ2n) is 3.88. The fourth-order valence-corrected chi connectivity index (χ4v) is 1.55. The van der Waals surface area contributed by atoms with Gasteiger partial charge in [-0.2, -0.15) is 0 Å². The molecule has 3 heteroatoms. The number of H-pyrrole nitrogens is 1. The zero-order valence-corrected chi connectivity index (χ0v) is 8.86. The van der Waals surface area contributed by atoms with Crippen molar-refractivity contribution in [2.24, 2.45) is 0 Å². The average Bonchev–Trinajstić information content (AvgIpc) is 2.71. The van der Waals surface area contributed by atoms with Gasteiger partial charge in [-0.1, -0.05) is 29.8 Å². The van der Waals surface area contributed by atoms with Gasteiger partial charge in [0, 0.05) is 12.4 Å². The predicted molar refractivity (Wildman–Crippen MR) is 58.4 cm³/mol. The molecule has 0 saturated carbocycles. The number of aliphatic hydroxyl groups is 1. The standard InChI is InChI=1S/C12H14N2O/c1-9-3-5-10(6-4-9)12(2,15)11-13-7-8-14-11/h3-8,15H,1-2H3,(H,13,14)/t12-/m1/s1. The first kappa shape index (κ1) is 9.93. The summed E-state index contributed by atoms with van der Waals surface area (Å²) >= 11 is 0. The molecule has 0 spiro atoms. The van der Waals surface area contributed by atoms with E-state index in [0.717, 1.165) is 5.56 Å². The quantitative estimate of drug-likeness (QED) is 0.782. The smallest absolute Gasteiger partial charge is 0.144 e. The molecule has 0 unspecified atom stereocenters. The molecular formula is C12H14N2O. The van der Waals surface area contributed by atoms with Crippen molar-refractivity contribution in [1.29, 1.82) is 0 Å². The predicted octanol–water partition coefficient (Wildman–Crippen LogP) is 1.97. The van der Waals surface area contributed by atoms with E-state index in [1.807, 2.05) is 31.2 Å². The van der Waals surface area contributed by atoms with Crippen molar-refractivity contribution in [2.75, 3.05) is 0 Å². The van der Waals surface area contributed by atoms with Crippen molar-refractivity contribution >= 4 is 0 Å². The van der Waals surface area contributed by atoms with E-state index in [0.29, 0.717) is 5.82 Å². The fourth-order valence-electron chi connectivity index (χ4n) is 1.55. The molecule has 0 amide bonds. The van der Waals surface area contributed by atoms with Crippen molar-refractivity contribution in [3.8, 4) is 0 Å². The van der Waals surface area contributed by atoms with E-state index in [4.69, 9.17) is 0 Å². The van der Waals surface area contributed by atoms with Gasteiger partial charge >= 0.3 is 0 Å². The molecule has 0 aliphatic carbocycles. The lowest BCUT2D eigenvalue weighted by Gasteiger charge is -2.21. The molecule has 15 heavy (non-hydrogen) atoms. The number of nitrogens with one attached hydrogen (secondary N) is 1. The Balaban J connectivity index is 2.41. The van der Waals surface area contributed by atoms with Gasteiger partial charge in [-0.05, 0) is 19.4 Å². The number of rotatable bonds is 2. The van der Waals surface area contributed by atoms with Crippen LogP contribution in [0.4, 0.5) is 0 Å². The Bertz CT molecular complexity index is 429. The van der Waals surface area contributed by atoms with E-state index in [1.165, 1.54) is 5.56 Å². The van der Waals surface area contributed by atoms with E-state index >= 15 is 0 Å². The van der Waals surface area contributed by atoms with Crippen LogP contribution in [0.5, 0.6) is 0 Å². The number of imidazole rings is 1. The third-order valence-corrected chi connectivity index (χ3v) is 2.57. The summed E-state index contributed by atoms with van der Waals surface area (Å²) in [6.07, 6.45) is 3.34. The van der Waals surface area contributed by atoms with E-state index < -0.39 is 5.60 Å². The van der Waals surface area contributed by atoms with Gasteiger partial charge < -0.3 is 10.1 Å². The van der Waals surface area contributed by atoms with Gasteiger partial charge in [-0.3, -0.25) is 0 Å². The van der Waals surface area contributed by atoms with E-state index in [-0.39, 0.29) is 0 Å². The first-order chi connectivity index (χ1) is 7.10. The highest BCUT2D eigenvalue weighted by Crippen LogP contribution is 2.26. The van der Waals surface area contributed by atoms with Gasteiger partial charge in [0.25, 0.3) is 0 Å². The molecule has 0 radical (unpaired) electrons. The summed E-state index contributed by atoms with van der Waals surface area (Å²) < 4.78 is 0. The number of aryl methyl sites for hydroxylation is 1. The molecule has 2 N–H and O–H groups in total. The fraction of sp³-hybridized carbons (Fsp3) is 0.250. The molecule has 0 fully saturated rings. The van der Waals surface area contributed by atoms with Crippen LogP contribution in [-0.4, -0.2) is 15.1 Å². The summed E-state index contributed by atoms with van der Waals surface area (Å²) in [6.45, 7) is 3.75. The summed E-state index contributed by atoms with van der Waals surface area (Å²) in [5, 5.41) is 10.3. The zero-order valence-electron chi connectivity index (χ0n) is 8.86. The molecule has 78 valence electrons. The Kier molecular flexibility index (Phi) is 2.32. The lowest BCUT2D eigenvalue weighted by Crippen LogP contribution is -2.24. The highest BCUT2D eigenvalue weighted by atomic mass is 16.3. The number of aromatic amines is 1. The minimum Gasteiger partial charge on any atom is -0.377 e. The van der Waals surface area contributed by atoms with Crippen LogP contribution in [0.1, 0.15) is 23.9 Å². The lowest BCUT2D eigenvalue weighted by molar-refractivity contribution is 0.0931. The SMILES string of the molecule is Cc1ccc([C@@](C)(O)c2ncc[nH]2)cc1. The maximum absolute atomic E-state index is 10.3. The number of hydrogen-bond donors (Lipinski definition) is 2. The summed E-state index contributed by atoms with van der Waals surface area (Å²) in [6, 6.07) is 7.79. The average molecular weight is 202 g/mol. The maximum atomic E-state index is 10.3. The minimum atomic E-state index is -1.06. The molecule has 2 aromatic rings. The minimum absolute atomic E-state index is 0.561. The van der Waals surface area contributed by atoms with Gasteiger partial charge in [-0.25, -0.2) is 4.98 Å². The van der Waals surface area contributed by atoms with Crippen molar-refractivity contribution in [2.45, 2.75) is 19.4 Å². The van der Waals surface area contributed by atoms with E-state index in [9.17, 15) is 5.11 Å². The molecule has 1 atom stereocenters. The summed E-state index contributed by atoms with van der Waals surface area (Å²) in [7, 11) is 0. The molecule has 0 aliphatic rings. The maximum Gasteiger partial charge on any atom is 0.144 e. The molecule has 1 aromatic carbocycles. The Labute approximate surface area is 88.8 Å². The highest BCUT2D eigenvalue weighted by molar-refractivity contribution is 5.30. The van der Waals surface area contributed by atoms with Crippen LogP contribution in [0, 0.1) is 6.92 Å². The van der Waals surface area contributed by atoms with Crippen LogP contribution in [0.25, 0.3) is 0 Å². The van der Waals surface area contributed by atoms with Crippen LogP contribution in [0.15, 0.2) is 36.7 Å². The molecule has 0 bridgehead atoms. The second-order valence-corrected chi connectivity index (χ2v) is 3.88. The van der Waals surface area contributed by atoms with E-state index in [1.54, 1.807) is 19.3 Å². The summed E-state index contributed by atoms with van der Waals surface area (Å²) in [5.41, 5.74) is 0.953. The normalized spacial score (nSPS) is 14.9. The van der Waals surface area contributed by atoms with Crippen LogP contribution < -0.4 is 0 Å².